The molecule has 2 heterocycles. The summed E-state index contributed by atoms with van der Waals surface area (Å²) in [4.78, 5) is 4.15. The maximum Gasteiger partial charge on any atom is 0.0945 e. The zero-order valence-electron chi connectivity index (χ0n) is 12.4. The Bertz CT molecular complexity index is 531. The molecule has 1 saturated heterocycles. The van der Waals surface area contributed by atoms with Gasteiger partial charge in [0, 0.05) is 18.9 Å². The number of aryl methyl sites for hydroxylation is 1. The van der Waals surface area contributed by atoms with Crippen molar-refractivity contribution in [3.63, 3.8) is 0 Å². The van der Waals surface area contributed by atoms with Gasteiger partial charge >= 0.3 is 0 Å². The lowest BCUT2D eigenvalue weighted by Gasteiger charge is -2.38. The lowest BCUT2D eigenvalue weighted by molar-refractivity contribution is 0.586. The van der Waals surface area contributed by atoms with E-state index in [1.54, 1.807) is 0 Å². The van der Waals surface area contributed by atoms with Crippen LogP contribution in [-0.4, -0.2) is 25.1 Å². The normalized spacial score (nSPS) is 25.9. The third kappa shape index (κ3) is 4.07. The summed E-state index contributed by atoms with van der Waals surface area (Å²) in [6.45, 7) is 3.42. The molecule has 1 aliphatic rings. The van der Waals surface area contributed by atoms with Crippen molar-refractivity contribution in [1.29, 1.82) is 0 Å². The standard InChI is InChI=1S/C17H22N2S2/c1-15-12-20-17(21-13-15,7-9-19-10-8-18-14-19)11-16-5-3-2-4-6-16/h2-6,8,10,14-15H,7,9,11-13H2,1H3. The van der Waals surface area contributed by atoms with Crippen molar-refractivity contribution in [2.45, 2.75) is 30.4 Å². The first-order chi connectivity index (χ1) is 10.3. The van der Waals surface area contributed by atoms with E-state index >= 15 is 0 Å². The largest absolute Gasteiger partial charge is 0.337 e. The second-order valence-electron chi connectivity index (χ2n) is 5.85. The lowest BCUT2D eigenvalue weighted by atomic mass is 10.1. The summed E-state index contributed by atoms with van der Waals surface area (Å²) in [6.07, 6.45) is 8.21. The number of rotatable bonds is 5. The van der Waals surface area contributed by atoms with Gasteiger partial charge in [-0.3, -0.25) is 0 Å². The van der Waals surface area contributed by atoms with Crippen LogP contribution in [0.4, 0.5) is 0 Å². The molecule has 3 rings (SSSR count). The molecule has 112 valence electrons. The third-order valence-electron chi connectivity index (χ3n) is 3.89. The van der Waals surface area contributed by atoms with Gasteiger partial charge in [0.05, 0.1) is 10.4 Å². The summed E-state index contributed by atoms with van der Waals surface area (Å²) in [5.41, 5.74) is 1.46. The number of imidazole rings is 1. The zero-order valence-corrected chi connectivity index (χ0v) is 14.1. The van der Waals surface area contributed by atoms with Gasteiger partial charge < -0.3 is 4.57 Å². The van der Waals surface area contributed by atoms with E-state index in [2.05, 4.69) is 76.5 Å². The van der Waals surface area contributed by atoms with Crippen LogP contribution in [0.2, 0.25) is 0 Å². The first kappa shape index (κ1) is 15.0. The Labute approximate surface area is 135 Å². The first-order valence-electron chi connectivity index (χ1n) is 7.53. The molecule has 0 saturated carbocycles. The molecule has 0 N–H and O–H groups in total. The van der Waals surface area contributed by atoms with Gasteiger partial charge in [-0.05, 0) is 35.8 Å². The fraction of sp³-hybridized carbons (Fsp3) is 0.471. The molecular weight excluding hydrogens is 296 g/mol. The molecule has 0 amide bonds. The molecule has 21 heavy (non-hydrogen) atoms. The Kier molecular flexibility index (Phi) is 4.96. The minimum absolute atomic E-state index is 0.318. The van der Waals surface area contributed by atoms with Crippen LogP contribution in [0.3, 0.4) is 0 Å². The summed E-state index contributed by atoms with van der Waals surface area (Å²) in [5, 5.41) is 0. The number of benzene rings is 1. The maximum atomic E-state index is 4.15. The van der Waals surface area contributed by atoms with Gasteiger partial charge in [0.25, 0.3) is 0 Å². The van der Waals surface area contributed by atoms with Crippen LogP contribution in [0.15, 0.2) is 49.1 Å². The van der Waals surface area contributed by atoms with E-state index in [9.17, 15) is 0 Å². The average Bonchev–Trinajstić information content (AvgIpc) is 3.03. The highest BCUT2D eigenvalue weighted by Crippen LogP contribution is 2.48. The van der Waals surface area contributed by atoms with E-state index in [0.29, 0.717) is 4.08 Å². The van der Waals surface area contributed by atoms with E-state index in [4.69, 9.17) is 0 Å². The second-order valence-corrected chi connectivity index (χ2v) is 8.92. The average molecular weight is 319 g/mol. The van der Waals surface area contributed by atoms with Crippen molar-refractivity contribution in [1.82, 2.24) is 9.55 Å². The minimum Gasteiger partial charge on any atom is -0.337 e. The molecule has 0 spiro atoms. The van der Waals surface area contributed by atoms with Crippen molar-refractivity contribution >= 4 is 23.5 Å². The molecule has 0 aliphatic carbocycles. The first-order valence-corrected chi connectivity index (χ1v) is 9.50. The summed E-state index contributed by atoms with van der Waals surface area (Å²) in [6, 6.07) is 10.9. The Hall–Kier alpha value is -0.870. The third-order valence-corrected chi connectivity index (χ3v) is 7.82. The maximum absolute atomic E-state index is 4.15. The summed E-state index contributed by atoms with van der Waals surface area (Å²) >= 11 is 4.33. The van der Waals surface area contributed by atoms with Crippen LogP contribution in [0.1, 0.15) is 18.9 Å². The van der Waals surface area contributed by atoms with Crippen molar-refractivity contribution in [3.8, 4) is 0 Å². The van der Waals surface area contributed by atoms with Crippen LogP contribution in [-0.2, 0) is 13.0 Å². The number of thioether (sulfide) groups is 2. The molecule has 1 fully saturated rings. The zero-order chi connectivity index (χ0) is 14.5. The number of hydrogen-bond acceptors (Lipinski definition) is 3. The molecule has 2 aromatic rings. The van der Waals surface area contributed by atoms with E-state index in [-0.39, 0.29) is 0 Å². The van der Waals surface area contributed by atoms with Crippen LogP contribution in [0.5, 0.6) is 0 Å². The fourth-order valence-corrected chi connectivity index (χ4v) is 5.95. The fourth-order valence-electron chi connectivity index (χ4n) is 2.64. The monoisotopic (exact) mass is 318 g/mol. The van der Waals surface area contributed by atoms with Gasteiger partial charge in [-0.15, -0.1) is 23.5 Å². The van der Waals surface area contributed by atoms with Gasteiger partial charge in [-0.25, -0.2) is 4.98 Å². The smallest absolute Gasteiger partial charge is 0.0945 e. The molecule has 0 radical (unpaired) electrons. The molecule has 1 aromatic heterocycles. The highest BCUT2D eigenvalue weighted by atomic mass is 32.2. The van der Waals surface area contributed by atoms with Gasteiger partial charge in [0.2, 0.25) is 0 Å². The Balaban J connectivity index is 1.71. The molecule has 1 aromatic carbocycles. The molecule has 2 nitrogen and oxygen atoms in total. The summed E-state index contributed by atoms with van der Waals surface area (Å²) < 4.78 is 2.52. The van der Waals surface area contributed by atoms with Crippen LogP contribution >= 0.6 is 23.5 Å². The van der Waals surface area contributed by atoms with Gasteiger partial charge in [0.1, 0.15) is 0 Å². The van der Waals surface area contributed by atoms with Crippen molar-refractivity contribution in [3.05, 3.63) is 54.6 Å². The van der Waals surface area contributed by atoms with Crippen molar-refractivity contribution in [2.75, 3.05) is 11.5 Å². The van der Waals surface area contributed by atoms with E-state index < -0.39 is 0 Å². The van der Waals surface area contributed by atoms with Crippen LogP contribution in [0, 0.1) is 5.92 Å². The Morgan fingerprint density at radius 2 is 2.00 bits per heavy atom. The van der Waals surface area contributed by atoms with Crippen LogP contribution in [0.25, 0.3) is 0 Å². The van der Waals surface area contributed by atoms with Gasteiger partial charge in [0.15, 0.2) is 0 Å². The van der Waals surface area contributed by atoms with E-state index in [0.717, 1.165) is 18.9 Å². The SMILES string of the molecule is CC1CSC(CCn2ccnc2)(Cc2ccccc2)SC1. The molecule has 0 unspecified atom stereocenters. The summed E-state index contributed by atoms with van der Waals surface area (Å²) in [7, 11) is 0. The highest BCUT2D eigenvalue weighted by molar-refractivity contribution is 8.18. The van der Waals surface area contributed by atoms with Gasteiger partial charge in [-0.1, -0.05) is 37.3 Å². The van der Waals surface area contributed by atoms with Crippen molar-refractivity contribution in [2.24, 2.45) is 5.92 Å². The molecule has 1 aliphatic heterocycles. The Morgan fingerprint density at radius 3 is 2.67 bits per heavy atom. The predicted octanol–water partition coefficient (Wildman–Crippen LogP) is 4.33. The molecular formula is C17H22N2S2. The topological polar surface area (TPSA) is 17.8 Å². The van der Waals surface area contributed by atoms with Gasteiger partial charge in [-0.2, -0.15) is 0 Å². The quantitative estimate of drug-likeness (QED) is 0.817. The van der Waals surface area contributed by atoms with Crippen molar-refractivity contribution < 1.29 is 0 Å². The number of aromatic nitrogens is 2. The predicted molar refractivity (Wildman–Crippen MR) is 93.8 cm³/mol. The van der Waals surface area contributed by atoms with E-state index in [1.807, 2.05) is 12.5 Å². The molecule has 0 bridgehead atoms. The summed E-state index contributed by atoms with van der Waals surface area (Å²) in [5.74, 6) is 3.39. The molecule has 0 atom stereocenters. The molecule has 4 heteroatoms. The number of nitrogens with zero attached hydrogens (tertiary/aromatic N) is 2. The highest BCUT2D eigenvalue weighted by Gasteiger charge is 2.35. The van der Waals surface area contributed by atoms with E-state index in [1.165, 1.54) is 23.5 Å². The Morgan fingerprint density at radius 1 is 1.24 bits per heavy atom. The second kappa shape index (κ2) is 6.93. The number of hydrogen-bond donors (Lipinski definition) is 0. The van der Waals surface area contributed by atoms with Crippen LogP contribution < -0.4 is 0 Å². The lowest BCUT2D eigenvalue weighted by Crippen LogP contribution is -2.32. The minimum atomic E-state index is 0.318.